The SMILES string of the molecule is COC(=O)c1nnn(Cc2ncnn2C)c1C1CCCN1. The summed E-state index contributed by atoms with van der Waals surface area (Å²) in [7, 11) is 3.16. The van der Waals surface area contributed by atoms with Crippen molar-refractivity contribution >= 4 is 5.97 Å². The Labute approximate surface area is 121 Å². The number of aryl methyl sites for hydroxylation is 1. The number of rotatable bonds is 4. The summed E-state index contributed by atoms with van der Waals surface area (Å²) in [5.41, 5.74) is 1.02. The van der Waals surface area contributed by atoms with E-state index in [1.165, 1.54) is 13.4 Å². The second-order valence-electron chi connectivity index (χ2n) is 4.92. The Balaban J connectivity index is 1.97. The van der Waals surface area contributed by atoms with Crippen LogP contribution in [-0.4, -0.2) is 49.4 Å². The van der Waals surface area contributed by atoms with Crippen LogP contribution in [0.15, 0.2) is 6.33 Å². The third kappa shape index (κ3) is 2.51. The second-order valence-corrected chi connectivity index (χ2v) is 4.92. The molecule has 0 radical (unpaired) electrons. The maximum absolute atomic E-state index is 11.9. The Morgan fingerprint density at radius 2 is 2.43 bits per heavy atom. The van der Waals surface area contributed by atoms with Gasteiger partial charge in [-0.1, -0.05) is 5.21 Å². The first-order chi connectivity index (χ1) is 10.2. The van der Waals surface area contributed by atoms with E-state index in [1.54, 1.807) is 9.36 Å². The van der Waals surface area contributed by atoms with E-state index in [1.807, 2.05) is 7.05 Å². The van der Waals surface area contributed by atoms with Crippen molar-refractivity contribution in [3.8, 4) is 0 Å². The van der Waals surface area contributed by atoms with E-state index in [0.29, 0.717) is 6.54 Å². The summed E-state index contributed by atoms with van der Waals surface area (Å²) in [5.74, 6) is 0.276. The maximum atomic E-state index is 11.9. The van der Waals surface area contributed by atoms with E-state index in [0.717, 1.165) is 30.9 Å². The van der Waals surface area contributed by atoms with Gasteiger partial charge in [0.15, 0.2) is 5.69 Å². The molecule has 0 saturated carbocycles. The van der Waals surface area contributed by atoms with Gasteiger partial charge in [-0.25, -0.2) is 14.5 Å². The van der Waals surface area contributed by atoms with Crippen LogP contribution in [-0.2, 0) is 18.3 Å². The summed E-state index contributed by atoms with van der Waals surface area (Å²) < 4.78 is 8.16. The smallest absolute Gasteiger partial charge is 0.360 e. The van der Waals surface area contributed by atoms with E-state index < -0.39 is 5.97 Å². The van der Waals surface area contributed by atoms with Crippen LogP contribution in [0, 0.1) is 0 Å². The number of aromatic nitrogens is 6. The molecular weight excluding hydrogens is 274 g/mol. The fourth-order valence-electron chi connectivity index (χ4n) is 2.54. The number of esters is 1. The number of nitrogens with zero attached hydrogens (tertiary/aromatic N) is 6. The number of methoxy groups -OCH3 is 1. The number of nitrogens with one attached hydrogen (secondary N) is 1. The molecule has 1 aliphatic heterocycles. The summed E-state index contributed by atoms with van der Waals surface area (Å²) >= 11 is 0. The third-order valence-corrected chi connectivity index (χ3v) is 3.64. The van der Waals surface area contributed by atoms with Crippen molar-refractivity contribution in [1.82, 2.24) is 35.1 Å². The van der Waals surface area contributed by atoms with Crippen molar-refractivity contribution in [2.75, 3.05) is 13.7 Å². The Morgan fingerprint density at radius 3 is 3.05 bits per heavy atom. The molecule has 0 bridgehead atoms. The lowest BCUT2D eigenvalue weighted by Gasteiger charge is -2.13. The van der Waals surface area contributed by atoms with E-state index in [4.69, 9.17) is 4.74 Å². The molecule has 3 heterocycles. The molecule has 0 spiro atoms. The highest BCUT2D eigenvalue weighted by atomic mass is 16.5. The van der Waals surface area contributed by atoms with Gasteiger partial charge in [-0.3, -0.25) is 4.68 Å². The lowest BCUT2D eigenvalue weighted by Crippen LogP contribution is -2.22. The first-order valence-corrected chi connectivity index (χ1v) is 6.78. The summed E-state index contributed by atoms with van der Waals surface area (Å²) in [5, 5.41) is 15.5. The van der Waals surface area contributed by atoms with Crippen LogP contribution in [0.3, 0.4) is 0 Å². The summed E-state index contributed by atoms with van der Waals surface area (Å²) in [6.45, 7) is 1.33. The summed E-state index contributed by atoms with van der Waals surface area (Å²) in [6.07, 6.45) is 3.48. The number of ether oxygens (including phenoxy) is 1. The van der Waals surface area contributed by atoms with Crippen molar-refractivity contribution in [3.63, 3.8) is 0 Å². The van der Waals surface area contributed by atoms with E-state index in [2.05, 4.69) is 25.7 Å². The monoisotopic (exact) mass is 291 g/mol. The topological polar surface area (TPSA) is 99.8 Å². The number of hydrogen-bond acceptors (Lipinski definition) is 7. The molecule has 1 saturated heterocycles. The minimum Gasteiger partial charge on any atom is -0.464 e. The van der Waals surface area contributed by atoms with Gasteiger partial charge in [0.2, 0.25) is 0 Å². The fourth-order valence-corrected chi connectivity index (χ4v) is 2.54. The highest BCUT2D eigenvalue weighted by molar-refractivity contribution is 5.88. The highest BCUT2D eigenvalue weighted by Crippen LogP contribution is 2.25. The Morgan fingerprint density at radius 1 is 1.57 bits per heavy atom. The average Bonchev–Trinajstić information content (AvgIpc) is 3.20. The summed E-state index contributed by atoms with van der Waals surface area (Å²) in [6, 6.07) is 0.0577. The van der Waals surface area contributed by atoms with Gasteiger partial charge < -0.3 is 10.1 Å². The van der Waals surface area contributed by atoms with Crippen LogP contribution in [0.25, 0.3) is 0 Å². The Bertz CT molecular complexity index is 642. The molecule has 1 atom stereocenters. The van der Waals surface area contributed by atoms with Crippen LogP contribution in [0.2, 0.25) is 0 Å². The van der Waals surface area contributed by atoms with Crippen LogP contribution in [0.4, 0.5) is 0 Å². The van der Waals surface area contributed by atoms with E-state index in [-0.39, 0.29) is 11.7 Å². The first-order valence-electron chi connectivity index (χ1n) is 6.78. The van der Waals surface area contributed by atoms with Gasteiger partial charge in [0.1, 0.15) is 18.7 Å². The maximum Gasteiger partial charge on any atom is 0.360 e. The van der Waals surface area contributed by atoms with Gasteiger partial charge in [0.25, 0.3) is 0 Å². The molecule has 112 valence electrons. The molecule has 1 fully saturated rings. The highest BCUT2D eigenvalue weighted by Gasteiger charge is 2.29. The van der Waals surface area contributed by atoms with Crippen molar-refractivity contribution < 1.29 is 9.53 Å². The van der Waals surface area contributed by atoms with Crippen LogP contribution < -0.4 is 5.32 Å². The lowest BCUT2D eigenvalue weighted by molar-refractivity contribution is 0.0591. The van der Waals surface area contributed by atoms with E-state index >= 15 is 0 Å². The average molecular weight is 291 g/mol. The second kappa shape index (κ2) is 5.60. The molecule has 21 heavy (non-hydrogen) atoms. The molecule has 9 heteroatoms. The number of carbonyl (C=O) groups is 1. The van der Waals surface area contributed by atoms with E-state index in [9.17, 15) is 4.79 Å². The minimum atomic E-state index is -0.470. The molecule has 1 N–H and O–H groups in total. The molecule has 9 nitrogen and oxygen atoms in total. The Kier molecular flexibility index (Phi) is 3.65. The molecule has 1 aliphatic rings. The number of hydrogen-bond donors (Lipinski definition) is 1. The van der Waals surface area contributed by atoms with Gasteiger partial charge in [-0.2, -0.15) is 5.10 Å². The molecule has 1 unspecified atom stereocenters. The first kappa shape index (κ1) is 13.7. The van der Waals surface area contributed by atoms with Gasteiger partial charge >= 0.3 is 5.97 Å². The van der Waals surface area contributed by atoms with Crippen molar-refractivity contribution in [1.29, 1.82) is 0 Å². The fraction of sp³-hybridized carbons (Fsp3) is 0.583. The Hall–Kier alpha value is -2.29. The van der Waals surface area contributed by atoms with Gasteiger partial charge in [0.05, 0.1) is 18.8 Å². The predicted molar refractivity (Wildman–Crippen MR) is 71.4 cm³/mol. The van der Waals surface area contributed by atoms with Crippen molar-refractivity contribution in [2.45, 2.75) is 25.4 Å². The summed E-state index contributed by atoms with van der Waals surface area (Å²) in [4.78, 5) is 16.1. The molecule has 0 amide bonds. The van der Waals surface area contributed by atoms with Gasteiger partial charge in [0, 0.05) is 7.05 Å². The largest absolute Gasteiger partial charge is 0.464 e. The normalized spacial score (nSPS) is 18.1. The zero-order valence-corrected chi connectivity index (χ0v) is 12.0. The molecule has 3 rings (SSSR count). The number of carbonyl (C=O) groups excluding carboxylic acids is 1. The van der Waals surface area contributed by atoms with Crippen LogP contribution in [0.5, 0.6) is 0 Å². The predicted octanol–water partition coefficient (Wildman–Crippen LogP) is -0.334. The zero-order valence-electron chi connectivity index (χ0n) is 12.0. The molecule has 0 aliphatic carbocycles. The molecular formula is C12H17N7O2. The zero-order chi connectivity index (χ0) is 14.8. The van der Waals surface area contributed by atoms with Crippen molar-refractivity contribution in [2.24, 2.45) is 7.05 Å². The van der Waals surface area contributed by atoms with Gasteiger partial charge in [-0.05, 0) is 19.4 Å². The van der Waals surface area contributed by atoms with Crippen LogP contribution >= 0.6 is 0 Å². The minimum absolute atomic E-state index is 0.0577. The molecule has 0 aromatic carbocycles. The molecule has 2 aromatic rings. The van der Waals surface area contributed by atoms with Gasteiger partial charge in [-0.15, -0.1) is 5.10 Å². The van der Waals surface area contributed by atoms with Crippen molar-refractivity contribution in [3.05, 3.63) is 23.5 Å². The quantitative estimate of drug-likeness (QED) is 0.770. The van der Waals surface area contributed by atoms with Crippen LogP contribution in [0.1, 0.15) is 40.9 Å². The third-order valence-electron chi connectivity index (χ3n) is 3.64. The lowest BCUT2D eigenvalue weighted by atomic mass is 10.1. The molecule has 2 aromatic heterocycles. The standard InChI is InChI=1S/C12H17N7O2/c1-18-9(14-7-15-18)6-19-11(8-4-3-5-13-8)10(16-17-19)12(20)21-2/h7-8,13H,3-6H2,1-2H3.